The topological polar surface area (TPSA) is 77.2 Å². The molecule has 2 aromatic rings. The van der Waals surface area contributed by atoms with E-state index in [0.29, 0.717) is 31.5 Å². The number of hydrogen-bond donors (Lipinski definition) is 1. The van der Waals surface area contributed by atoms with Crippen LogP contribution in [0, 0.1) is 24.2 Å². The van der Waals surface area contributed by atoms with Crippen LogP contribution in [0.2, 0.25) is 0 Å². The van der Waals surface area contributed by atoms with E-state index in [1.807, 2.05) is 25.1 Å². The summed E-state index contributed by atoms with van der Waals surface area (Å²) >= 11 is 0. The van der Waals surface area contributed by atoms with Crippen molar-refractivity contribution in [2.24, 2.45) is 5.92 Å². The van der Waals surface area contributed by atoms with Gasteiger partial charge in [-0.1, -0.05) is 11.6 Å². The van der Waals surface area contributed by atoms with Crippen molar-refractivity contribution < 1.29 is 9.90 Å². The number of piperidine rings is 1. The lowest BCUT2D eigenvalue weighted by Gasteiger charge is -2.33. The minimum Gasteiger partial charge on any atom is -0.481 e. The Hall–Kier alpha value is -2.61. The van der Waals surface area contributed by atoms with E-state index in [1.165, 1.54) is 0 Å². The van der Waals surface area contributed by atoms with Gasteiger partial charge in [0.15, 0.2) is 0 Å². The molecule has 1 aliphatic heterocycles. The van der Waals surface area contributed by atoms with Crippen LogP contribution < -0.4 is 4.90 Å². The smallest absolute Gasteiger partial charge is 0.306 e. The fourth-order valence-corrected chi connectivity index (χ4v) is 3.07. The lowest BCUT2D eigenvalue weighted by molar-refractivity contribution is -0.142. The molecule has 0 unspecified atom stereocenters. The van der Waals surface area contributed by atoms with Crippen LogP contribution in [0.1, 0.15) is 24.0 Å². The van der Waals surface area contributed by atoms with E-state index in [9.17, 15) is 10.1 Å². The van der Waals surface area contributed by atoms with Gasteiger partial charge < -0.3 is 10.0 Å². The molecule has 0 saturated carbocycles. The third-order valence-corrected chi connectivity index (χ3v) is 4.28. The summed E-state index contributed by atoms with van der Waals surface area (Å²) in [4.78, 5) is 17.6. The first kappa shape index (κ1) is 14.3. The molecule has 0 atom stereocenters. The van der Waals surface area contributed by atoms with Gasteiger partial charge in [0.05, 0.1) is 22.7 Å². The molecule has 1 aliphatic rings. The van der Waals surface area contributed by atoms with Gasteiger partial charge >= 0.3 is 5.97 Å². The van der Waals surface area contributed by atoms with Crippen LogP contribution in [-0.2, 0) is 4.79 Å². The van der Waals surface area contributed by atoms with Crippen molar-refractivity contribution in [2.75, 3.05) is 18.0 Å². The number of benzene rings is 1. The molecule has 2 heterocycles. The average Bonchev–Trinajstić information content (AvgIpc) is 2.53. The van der Waals surface area contributed by atoms with Crippen molar-refractivity contribution in [1.29, 1.82) is 5.26 Å². The molecular formula is C17H17N3O2. The van der Waals surface area contributed by atoms with Crippen molar-refractivity contribution in [3.05, 3.63) is 35.5 Å². The first-order valence-electron chi connectivity index (χ1n) is 7.37. The molecule has 1 N–H and O–H groups in total. The predicted molar refractivity (Wildman–Crippen MR) is 83.8 cm³/mol. The van der Waals surface area contributed by atoms with Crippen LogP contribution in [-0.4, -0.2) is 29.1 Å². The third-order valence-electron chi connectivity index (χ3n) is 4.28. The number of nitriles is 1. The fraction of sp³-hybridized carbons (Fsp3) is 0.353. The SMILES string of the molecule is Cc1ccc2ncc(C#N)c(N3CCC(C(=O)O)CC3)c2c1. The van der Waals surface area contributed by atoms with Crippen LogP contribution in [0.4, 0.5) is 5.69 Å². The lowest BCUT2D eigenvalue weighted by Crippen LogP contribution is -2.36. The van der Waals surface area contributed by atoms with Gasteiger partial charge in [-0.25, -0.2) is 0 Å². The highest BCUT2D eigenvalue weighted by Gasteiger charge is 2.26. The molecule has 1 saturated heterocycles. The summed E-state index contributed by atoms with van der Waals surface area (Å²) in [5, 5.41) is 19.5. The molecule has 0 radical (unpaired) electrons. The van der Waals surface area contributed by atoms with Crippen molar-refractivity contribution in [1.82, 2.24) is 4.98 Å². The van der Waals surface area contributed by atoms with Crippen LogP contribution >= 0.6 is 0 Å². The Balaban J connectivity index is 2.04. The van der Waals surface area contributed by atoms with Gasteiger partial charge in [0, 0.05) is 24.7 Å². The molecule has 0 bridgehead atoms. The number of aromatic nitrogens is 1. The second-order valence-corrected chi connectivity index (χ2v) is 5.75. The van der Waals surface area contributed by atoms with Gasteiger partial charge in [-0.05, 0) is 31.9 Å². The zero-order valence-electron chi connectivity index (χ0n) is 12.4. The van der Waals surface area contributed by atoms with Crippen LogP contribution in [0.25, 0.3) is 10.9 Å². The fourth-order valence-electron chi connectivity index (χ4n) is 3.07. The molecule has 1 aromatic heterocycles. The Labute approximate surface area is 128 Å². The van der Waals surface area contributed by atoms with Gasteiger partial charge in [-0.2, -0.15) is 5.26 Å². The van der Waals surface area contributed by atoms with Gasteiger partial charge in [0.1, 0.15) is 6.07 Å². The first-order chi connectivity index (χ1) is 10.6. The average molecular weight is 295 g/mol. The van der Waals surface area contributed by atoms with E-state index in [4.69, 9.17) is 5.11 Å². The Morgan fingerprint density at radius 1 is 1.41 bits per heavy atom. The highest BCUT2D eigenvalue weighted by atomic mass is 16.4. The molecule has 3 rings (SSSR count). The van der Waals surface area contributed by atoms with Gasteiger partial charge in [0.2, 0.25) is 0 Å². The summed E-state index contributed by atoms with van der Waals surface area (Å²) in [5.74, 6) is -1.01. The standard InChI is InChI=1S/C17H17N3O2/c1-11-2-3-15-14(8-11)16(13(9-18)10-19-15)20-6-4-12(5-7-20)17(21)22/h2-3,8,10,12H,4-7H2,1H3,(H,21,22). The Morgan fingerprint density at radius 2 is 2.14 bits per heavy atom. The quantitative estimate of drug-likeness (QED) is 0.921. The molecular weight excluding hydrogens is 278 g/mol. The summed E-state index contributed by atoms with van der Waals surface area (Å²) in [6.07, 6.45) is 2.82. The number of carboxylic acids is 1. The number of nitrogens with zero attached hydrogens (tertiary/aromatic N) is 3. The zero-order chi connectivity index (χ0) is 15.7. The predicted octanol–water partition coefficient (Wildman–Crippen LogP) is 2.72. The number of hydrogen-bond acceptors (Lipinski definition) is 4. The molecule has 1 fully saturated rings. The number of aryl methyl sites for hydroxylation is 1. The van der Waals surface area contributed by atoms with E-state index < -0.39 is 5.97 Å². The van der Waals surface area contributed by atoms with Crippen molar-refractivity contribution in [2.45, 2.75) is 19.8 Å². The number of rotatable bonds is 2. The molecule has 5 nitrogen and oxygen atoms in total. The second kappa shape index (κ2) is 5.64. The van der Waals surface area contributed by atoms with E-state index in [1.54, 1.807) is 6.20 Å². The number of carboxylic acid groups (broad SMARTS) is 1. The monoisotopic (exact) mass is 295 g/mol. The Bertz CT molecular complexity index is 771. The van der Waals surface area contributed by atoms with Gasteiger partial charge in [-0.15, -0.1) is 0 Å². The maximum Gasteiger partial charge on any atom is 0.306 e. The zero-order valence-corrected chi connectivity index (χ0v) is 12.4. The largest absolute Gasteiger partial charge is 0.481 e. The number of pyridine rings is 1. The number of fused-ring (bicyclic) bond motifs is 1. The maximum absolute atomic E-state index is 11.1. The highest BCUT2D eigenvalue weighted by molar-refractivity contribution is 5.95. The Morgan fingerprint density at radius 3 is 2.77 bits per heavy atom. The van der Waals surface area contributed by atoms with Crippen LogP contribution in [0.15, 0.2) is 24.4 Å². The summed E-state index contributed by atoms with van der Waals surface area (Å²) < 4.78 is 0. The minimum atomic E-state index is -0.726. The van der Waals surface area contributed by atoms with E-state index in [-0.39, 0.29) is 5.92 Å². The Kier molecular flexibility index (Phi) is 3.68. The molecule has 0 spiro atoms. The van der Waals surface area contributed by atoms with Gasteiger partial charge in [0.25, 0.3) is 0 Å². The van der Waals surface area contributed by atoms with Crippen molar-refractivity contribution in [3.8, 4) is 6.07 Å². The molecule has 112 valence electrons. The van der Waals surface area contributed by atoms with Crippen LogP contribution in [0.3, 0.4) is 0 Å². The molecule has 5 heteroatoms. The summed E-state index contributed by atoms with van der Waals surface area (Å²) in [5.41, 5.74) is 3.41. The van der Waals surface area contributed by atoms with Crippen molar-refractivity contribution >= 4 is 22.6 Å². The van der Waals surface area contributed by atoms with E-state index in [0.717, 1.165) is 22.2 Å². The second-order valence-electron chi connectivity index (χ2n) is 5.75. The molecule has 22 heavy (non-hydrogen) atoms. The maximum atomic E-state index is 11.1. The van der Waals surface area contributed by atoms with Crippen molar-refractivity contribution in [3.63, 3.8) is 0 Å². The molecule has 1 aromatic carbocycles. The summed E-state index contributed by atoms with van der Waals surface area (Å²) in [7, 11) is 0. The summed E-state index contributed by atoms with van der Waals surface area (Å²) in [6.45, 7) is 3.32. The number of aliphatic carboxylic acids is 1. The lowest BCUT2D eigenvalue weighted by atomic mass is 9.95. The highest BCUT2D eigenvalue weighted by Crippen LogP contribution is 2.33. The summed E-state index contributed by atoms with van der Waals surface area (Å²) in [6, 6.07) is 8.22. The van der Waals surface area contributed by atoms with Gasteiger partial charge in [-0.3, -0.25) is 9.78 Å². The van der Waals surface area contributed by atoms with E-state index in [2.05, 4.69) is 16.0 Å². The third kappa shape index (κ3) is 2.48. The number of carbonyl (C=O) groups is 1. The molecule has 0 amide bonds. The van der Waals surface area contributed by atoms with E-state index >= 15 is 0 Å². The molecule has 0 aliphatic carbocycles. The number of anilines is 1. The minimum absolute atomic E-state index is 0.281. The normalized spacial score (nSPS) is 15.7. The first-order valence-corrected chi connectivity index (χ1v) is 7.37. The van der Waals surface area contributed by atoms with Crippen LogP contribution in [0.5, 0.6) is 0 Å².